The number of halogens is 6. The number of alkyl halides is 5. The Hall–Kier alpha value is -2.05. The molecule has 2 aromatic rings. The molecule has 0 N–H and O–H groups in total. The molecule has 0 aromatic heterocycles. The van der Waals surface area contributed by atoms with Crippen LogP contribution in [-0.2, 0) is 0 Å². The third kappa shape index (κ3) is 2.13. The average molecular weight is 292 g/mol. The first-order valence-electron chi connectivity index (χ1n) is 5.33. The first-order valence-corrected chi connectivity index (χ1v) is 5.33. The van der Waals surface area contributed by atoms with Crippen LogP contribution in [0.25, 0.3) is 10.8 Å². The quantitative estimate of drug-likeness (QED) is 0.593. The largest absolute Gasteiger partial charge is 0.461 e. The first kappa shape index (κ1) is 14.4. The average Bonchev–Trinajstić information content (AvgIpc) is 2.37. The van der Waals surface area contributed by atoms with Crippen molar-refractivity contribution in [3.8, 4) is 0 Å². The molecule has 2 aromatic carbocycles. The smallest absolute Gasteiger partial charge is 0.287 e. The first-order chi connectivity index (χ1) is 9.16. The number of ketones is 1. The van der Waals surface area contributed by atoms with Crippen molar-refractivity contribution in [1.82, 2.24) is 0 Å². The zero-order chi connectivity index (χ0) is 15.1. The Labute approximate surface area is 108 Å². The molecule has 20 heavy (non-hydrogen) atoms. The number of rotatable bonds is 2. The third-order valence-corrected chi connectivity index (χ3v) is 2.76. The van der Waals surface area contributed by atoms with E-state index in [0.29, 0.717) is 12.1 Å². The van der Waals surface area contributed by atoms with Crippen molar-refractivity contribution in [1.29, 1.82) is 0 Å². The molecule has 1 nitrogen and oxygen atoms in total. The summed E-state index contributed by atoms with van der Waals surface area (Å²) in [6.45, 7) is 0. The number of hydrogen-bond donors (Lipinski definition) is 0. The lowest BCUT2D eigenvalue weighted by atomic mass is 9.97. The van der Waals surface area contributed by atoms with Crippen molar-refractivity contribution < 1.29 is 31.1 Å². The number of benzene rings is 2. The predicted molar refractivity (Wildman–Crippen MR) is 59.2 cm³/mol. The maximum Gasteiger partial charge on any atom is 0.461 e. The van der Waals surface area contributed by atoms with Gasteiger partial charge in [0.05, 0.1) is 0 Å². The minimum atomic E-state index is -6.00. The van der Waals surface area contributed by atoms with E-state index in [1.54, 1.807) is 0 Å². The number of fused-ring (bicyclic) bond motifs is 1. The molecule has 0 radical (unpaired) electrons. The second-order valence-electron chi connectivity index (χ2n) is 4.04. The van der Waals surface area contributed by atoms with Crippen molar-refractivity contribution in [2.75, 3.05) is 0 Å². The van der Waals surface area contributed by atoms with Crippen molar-refractivity contribution in [2.24, 2.45) is 0 Å². The van der Waals surface area contributed by atoms with Crippen LogP contribution < -0.4 is 0 Å². The van der Waals surface area contributed by atoms with Gasteiger partial charge in [-0.1, -0.05) is 24.3 Å². The van der Waals surface area contributed by atoms with Crippen LogP contribution >= 0.6 is 0 Å². The SMILES string of the molecule is O=C(c1ccc(F)c2ccccc12)C(F)(F)C(F)(F)F. The lowest BCUT2D eigenvalue weighted by Gasteiger charge is -2.19. The summed E-state index contributed by atoms with van der Waals surface area (Å²) in [6.07, 6.45) is -6.00. The molecule has 0 amide bonds. The molecule has 7 heteroatoms. The Morgan fingerprint density at radius 2 is 1.40 bits per heavy atom. The van der Waals surface area contributed by atoms with Crippen LogP contribution in [-0.4, -0.2) is 17.9 Å². The van der Waals surface area contributed by atoms with Crippen LogP contribution in [0.2, 0.25) is 0 Å². The van der Waals surface area contributed by atoms with Gasteiger partial charge in [-0.2, -0.15) is 22.0 Å². The Morgan fingerprint density at radius 3 is 1.95 bits per heavy atom. The normalized spacial score (nSPS) is 12.7. The predicted octanol–water partition coefficient (Wildman–Crippen LogP) is 4.36. The van der Waals surface area contributed by atoms with Gasteiger partial charge in [-0.05, 0) is 17.5 Å². The number of carbonyl (C=O) groups excluding carboxylic acids is 1. The van der Waals surface area contributed by atoms with Gasteiger partial charge in [-0.15, -0.1) is 0 Å². The van der Waals surface area contributed by atoms with Crippen molar-refractivity contribution >= 4 is 16.6 Å². The number of hydrogen-bond acceptors (Lipinski definition) is 1. The molecular formula is C13H6F6O. The van der Waals surface area contributed by atoms with Crippen LogP contribution in [0.5, 0.6) is 0 Å². The van der Waals surface area contributed by atoms with E-state index in [4.69, 9.17) is 0 Å². The zero-order valence-corrected chi connectivity index (χ0v) is 9.64. The van der Waals surface area contributed by atoms with Crippen LogP contribution in [0.15, 0.2) is 36.4 Å². The van der Waals surface area contributed by atoms with Gasteiger partial charge < -0.3 is 0 Å². The van der Waals surface area contributed by atoms with Crippen molar-refractivity contribution in [3.05, 3.63) is 47.8 Å². The minimum Gasteiger partial charge on any atom is -0.287 e. The molecule has 0 saturated carbocycles. The molecule has 0 spiro atoms. The van der Waals surface area contributed by atoms with Crippen molar-refractivity contribution in [3.63, 3.8) is 0 Å². The molecule has 0 unspecified atom stereocenters. The Kier molecular flexibility index (Phi) is 3.23. The Balaban J connectivity index is 2.66. The van der Waals surface area contributed by atoms with E-state index in [2.05, 4.69) is 0 Å². The van der Waals surface area contributed by atoms with Crippen LogP contribution in [0.3, 0.4) is 0 Å². The lowest BCUT2D eigenvalue weighted by molar-refractivity contribution is -0.255. The van der Waals surface area contributed by atoms with E-state index in [9.17, 15) is 31.1 Å². The molecule has 0 saturated heterocycles. The monoisotopic (exact) mass is 292 g/mol. The fourth-order valence-electron chi connectivity index (χ4n) is 1.76. The molecule has 0 atom stereocenters. The van der Waals surface area contributed by atoms with E-state index in [1.807, 2.05) is 0 Å². The van der Waals surface area contributed by atoms with Gasteiger partial charge in [-0.3, -0.25) is 4.79 Å². The molecule has 0 heterocycles. The molecule has 0 aliphatic carbocycles. The van der Waals surface area contributed by atoms with Gasteiger partial charge in [0.15, 0.2) is 0 Å². The zero-order valence-electron chi connectivity index (χ0n) is 9.64. The maximum atomic E-state index is 13.4. The second kappa shape index (κ2) is 4.50. The number of carbonyl (C=O) groups is 1. The molecule has 0 bridgehead atoms. The summed E-state index contributed by atoms with van der Waals surface area (Å²) in [5.74, 6) is -8.73. The highest BCUT2D eigenvalue weighted by Crippen LogP contribution is 2.39. The Bertz CT molecular complexity index is 674. The van der Waals surface area contributed by atoms with Gasteiger partial charge >= 0.3 is 12.1 Å². The summed E-state index contributed by atoms with van der Waals surface area (Å²) < 4.78 is 76.2. The van der Waals surface area contributed by atoms with E-state index in [0.717, 1.165) is 6.07 Å². The summed E-state index contributed by atoms with van der Waals surface area (Å²) in [4.78, 5) is 11.4. The fraction of sp³-hybridized carbons (Fsp3) is 0.154. The fourth-order valence-corrected chi connectivity index (χ4v) is 1.76. The van der Waals surface area contributed by atoms with Crippen LogP contribution in [0.1, 0.15) is 10.4 Å². The topological polar surface area (TPSA) is 17.1 Å². The highest BCUT2D eigenvalue weighted by Gasteiger charge is 2.63. The Morgan fingerprint density at radius 1 is 0.850 bits per heavy atom. The third-order valence-electron chi connectivity index (χ3n) is 2.76. The molecule has 0 aliphatic heterocycles. The summed E-state index contributed by atoms with van der Waals surface area (Å²) in [6, 6.07) is 6.29. The maximum absolute atomic E-state index is 13.4. The van der Waals surface area contributed by atoms with Crippen molar-refractivity contribution in [2.45, 2.75) is 12.1 Å². The summed E-state index contributed by atoms with van der Waals surface area (Å²) in [7, 11) is 0. The van der Waals surface area contributed by atoms with Crippen LogP contribution in [0.4, 0.5) is 26.3 Å². The minimum absolute atomic E-state index is 0.198. The highest BCUT2D eigenvalue weighted by molar-refractivity contribution is 6.11. The highest BCUT2D eigenvalue weighted by atomic mass is 19.4. The van der Waals surface area contributed by atoms with E-state index >= 15 is 0 Å². The van der Waals surface area contributed by atoms with E-state index in [1.165, 1.54) is 18.2 Å². The summed E-state index contributed by atoms with van der Waals surface area (Å²) in [5, 5.41) is -0.488. The van der Waals surface area contributed by atoms with Gasteiger partial charge in [-0.25, -0.2) is 4.39 Å². The van der Waals surface area contributed by atoms with E-state index in [-0.39, 0.29) is 10.8 Å². The molecule has 2 rings (SSSR count). The molecule has 106 valence electrons. The van der Waals surface area contributed by atoms with Gasteiger partial charge in [0.2, 0.25) is 5.78 Å². The van der Waals surface area contributed by atoms with Gasteiger partial charge in [0.1, 0.15) is 5.82 Å². The van der Waals surface area contributed by atoms with Gasteiger partial charge in [0, 0.05) is 10.9 Å². The van der Waals surface area contributed by atoms with Gasteiger partial charge in [0.25, 0.3) is 0 Å². The van der Waals surface area contributed by atoms with E-state index < -0.39 is 29.3 Å². The summed E-state index contributed by atoms with van der Waals surface area (Å²) in [5.41, 5.74) is -0.871. The molecular weight excluding hydrogens is 286 g/mol. The summed E-state index contributed by atoms with van der Waals surface area (Å²) >= 11 is 0. The second-order valence-corrected chi connectivity index (χ2v) is 4.04. The van der Waals surface area contributed by atoms with Crippen LogP contribution in [0, 0.1) is 5.82 Å². The lowest BCUT2D eigenvalue weighted by Crippen LogP contribution is -2.44. The standard InChI is InChI=1S/C13H6F6O/c14-10-6-5-9(7-3-1-2-4-8(7)10)11(20)12(15,16)13(17,18)19/h1-6H. The molecule has 0 aliphatic rings. The number of Topliss-reactive ketones (excluding diaryl/α,β-unsaturated/α-hetero) is 1. The molecule has 0 fully saturated rings.